The van der Waals surface area contributed by atoms with Crippen LogP contribution in [0, 0.1) is 6.92 Å². The number of hydrogen-bond acceptors (Lipinski definition) is 6. The number of carbonyl (C=O) groups excluding carboxylic acids is 1. The zero-order valence-electron chi connectivity index (χ0n) is 18.5. The molecule has 11 heteroatoms. The largest absolute Gasteiger partial charge is 0.573 e. The van der Waals surface area contributed by atoms with Gasteiger partial charge in [-0.05, 0) is 36.8 Å². The Morgan fingerprint density at radius 1 is 1.06 bits per heavy atom. The van der Waals surface area contributed by atoms with Crippen molar-refractivity contribution in [3.63, 3.8) is 0 Å². The number of aryl methyl sites for hydroxylation is 1. The fourth-order valence-corrected chi connectivity index (χ4v) is 4.10. The van der Waals surface area contributed by atoms with Gasteiger partial charge in [-0.1, -0.05) is 48.2 Å². The third kappa shape index (κ3) is 6.18. The second kappa shape index (κ2) is 10.6. The molecular weight excluding hydrogens is 479 g/mol. The number of benzene rings is 2. The van der Waals surface area contributed by atoms with Gasteiger partial charge in [-0.3, -0.25) is 14.3 Å². The van der Waals surface area contributed by atoms with Crippen LogP contribution >= 0.6 is 11.8 Å². The van der Waals surface area contributed by atoms with E-state index in [0.717, 1.165) is 16.8 Å². The van der Waals surface area contributed by atoms with Crippen molar-refractivity contribution in [2.24, 2.45) is 0 Å². The Morgan fingerprint density at radius 3 is 2.57 bits per heavy atom. The average Bonchev–Trinajstić information content (AvgIpc) is 3.26. The van der Waals surface area contributed by atoms with Gasteiger partial charge in [-0.15, -0.1) is 23.4 Å². The topological polar surface area (TPSA) is 81.9 Å². The first-order valence-corrected chi connectivity index (χ1v) is 11.5. The van der Waals surface area contributed by atoms with Crippen LogP contribution in [0.25, 0.3) is 17.1 Å². The number of pyridine rings is 1. The van der Waals surface area contributed by atoms with Gasteiger partial charge in [0.2, 0.25) is 5.91 Å². The van der Waals surface area contributed by atoms with Crippen LogP contribution in [0.15, 0.2) is 78.2 Å². The summed E-state index contributed by atoms with van der Waals surface area (Å²) < 4.78 is 43.8. The van der Waals surface area contributed by atoms with Gasteiger partial charge in [0.05, 0.1) is 11.4 Å². The number of hydrogen-bond donors (Lipinski definition) is 1. The molecule has 0 saturated heterocycles. The monoisotopic (exact) mass is 499 g/mol. The molecule has 2 aromatic heterocycles. The zero-order chi connectivity index (χ0) is 24.8. The van der Waals surface area contributed by atoms with E-state index in [1.54, 1.807) is 24.5 Å². The molecule has 0 radical (unpaired) electrons. The molecule has 0 fully saturated rings. The molecule has 1 amide bonds. The molecule has 0 saturated carbocycles. The van der Waals surface area contributed by atoms with Gasteiger partial charge in [-0.25, -0.2) is 0 Å². The standard InChI is InChI=1S/C24H20F3N5O2S/c1-16-7-2-4-10-19(16)32-22(18-9-6-12-28-13-18)30-31-23(32)35-15-21(33)29-14-17-8-3-5-11-20(17)34-24(25,26)27/h2-13H,14-15H2,1H3,(H,29,33). The number of rotatable bonds is 8. The lowest BCUT2D eigenvalue weighted by molar-refractivity contribution is -0.274. The summed E-state index contributed by atoms with van der Waals surface area (Å²) in [6.45, 7) is 1.85. The maximum atomic E-state index is 12.6. The van der Waals surface area contributed by atoms with Gasteiger partial charge >= 0.3 is 6.36 Å². The van der Waals surface area contributed by atoms with Crippen LogP contribution in [0.3, 0.4) is 0 Å². The number of carbonyl (C=O) groups is 1. The minimum atomic E-state index is -4.82. The van der Waals surface area contributed by atoms with E-state index in [4.69, 9.17) is 0 Å². The molecule has 1 N–H and O–H groups in total. The Labute approximate surface area is 203 Å². The lowest BCUT2D eigenvalue weighted by atomic mass is 10.2. The van der Waals surface area contributed by atoms with Crippen molar-refractivity contribution in [1.82, 2.24) is 25.1 Å². The van der Waals surface area contributed by atoms with Crippen LogP contribution in [0.2, 0.25) is 0 Å². The third-order valence-electron chi connectivity index (χ3n) is 4.92. The smallest absolute Gasteiger partial charge is 0.405 e. The molecule has 2 aromatic carbocycles. The van der Waals surface area contributed by atoms with E-state index in [0.29, 0.717) is 11.0 Å². The van der Waals surface area contributed by atoms with Gasteiger partial charge in [0.15, 0.2) is 11.0 Å². The van der Waals surface area contributed by atoms with Gasteiger partial charge in [0.25, 0.3) is 0 Å². The Bertz CT molecular complexity index is 1310. The number of thioether (sulfide) groups is 1. The summed E-state index contributed by atoms with van der Waals surface area (Å²) in [5.41, 5.74) is 2.83. The number of nitrogens with zero attached hydrogens (tertiary/aromatic N) is 4. The van der Waals surface area contributed by atoms with Gasteiger partial charge in [-0.2, -0.15) is 0 Å². The van der Waals surface area contributed by atoms with Crippen LogP contribution in [0.4, 0.5) is 13.2 Å². The number of halogens is 3. The number of aromatic nitrogens is 4. The molecule has 180 valence electrons. The summed E-state index contributed by atoms with van der Waals surface area (Å²) in [4.78, 5) is 16.7. The first-order valence-electron chi connectivity index (χ1n) is 10.5. The van der Waals surface area contributed by atoms with Crippen LogP contribution in [0.1, 0.15) is 11.1 Å². The highest BCUT2D eigenvalue weighted by molar-refractivity contribution is 7.99. The molecule has 4 aromatic rings. The molecule has 35 heavy (non-hydrogen) atoms. The van der Waals surface area contributed by atoms with Crippen molar-refractivity contribution in [3.05, 3.63) is 84.2 Å². The van der Waals surface area contributed by atoms with Gasteiger partial charge < -0.3 is 10.1 Å². The molecule has 0 spiro atoms. The van der Waals surface area contributed by atoms with Crippen LogP contribution < -0.4 is 10.1 Å². The maximum absolute atomic E-state index is 12.6. The van der Waals surface area contributed by atoms with Gasteiger partial charge in [0, 0.05) is 30.1 Å². The van der Waals surface area contributed by atoms with Crippen LogP contribution in [0.5, 0.6) is 5.75 Å². The highest BCUT2D eigenvalue weighted by atomic mass is 32.2. The lowest BCUT2D eigenvalue weighted by Crippen LogP contribution is -2.26. The summed E-state index contributed by atoms with van der Waals surface area (Å²) >= 11 is 1.17. The minimum absolute atomic E-state index is 0.0145. The summed E-state index contributed by atoms with van der Waals surface area (Å²) in [6, 6.07) is 17.1. The normalized spacial score (nSPS) is 11.3. The maximum Gasteiger partial charge on any atom is 0.573 e. The molecule has 0 aliphatic rings. The Kier molecular flexibility index (Phi) is 7.35. The van der Waals surface area contributed by atoms with Crippen LogP contribution in [-0.2, 0) is 11.3 Å². The van der Waals surface area contributed by atoms with Crippen molar-refractivity contribution in [2.75, 3.05) is 5.75 Å². The molecule has 7 nitrogen and oxygen atoms in total. The van der Waals surface area contributed by atoms with E-state index in [1.807, 2.05) is 41.8 Å². The van der Waals surface area contributed by atoms with E-state index in [1.165, 1.54) is 30.0 Å². The number of nitrogens with one attached hydrogen (secondary N) is 1. The number of para-hydroxylation sites is 2. The van der Waals surface area contributed by atoms with E-state index in [-0.39, 0.29) is 29.5 Å². The zero-order valence-corrected chi connectivity index (χ0v) is 19.3. The number of ether oxygens (including phenoxy) is 1. The Balaban J connectivity index is 1.49. The third-order valence-corrected chi connectivity index (χ3v) is 5.85. The Morgan fingerprint density at radius 2 is 1.83 bits per heavy atom. The molecule has 0 aliphatic carbocycles. The first-order chi connectivity index (χ1) is 16.8. The van der Waals surface area contributed by atoms with Crippen LogP contribution in [-0.4, -0.2) is 37.8 Å². The molecule has 0 unspecified atom stereocenters. The summed E-state index contributed by atoms with van der Waals surface area (Å²) in [5.74, 6) is -0.166. The quantitative estimate of drug-likeness (QED) is 0.346. The molecule has 2 heterocycles. The van der Waals surface area contributed by atoms with Crippen molar-refractivity contribution in [2.45, 2.75) is 25.0 Å². The SMILES string of the molecule is Cc1ccccc1-n1c(SCC(=O)NCc2ccccc2OC(F)(F)F)nnc1-c1cccnc1. The second-order valence-corrected chi connectivity index (χ2v) is 8.33. The molecule has 4 rings (SSSR count). The van der Waals surface area contributed by atoms with E-state index in [2.05, 4.69) is 25.2 Å². The van der Waals surface area contributed by atoms with E-state index >= 15 is 0 Å². The number of amides is 1. The summed E-state index contributed by atoms with van der Waals surface area (Å²) in [7, 11) is 0. The van der Waals surface area contributed by atoms with Crippen molar-refractivity contribution in [3.8, 4) is 22.8 Å². The predicted molar refractivity (Wildman–Crippen MR) is 125 cm³/mol. The average molecular weight is 500 g/mol. The first kappa shape index (κ1) is 24.3. The lowest BCUT2D eigenvalue weighted by Gasteiger charge is -2.14. The van der Waals surface area contributed by atoms with E-state index in [9.17, 15) is 18.0 Å². The minimum Gasteiger partial charge on any atom is -0.405 e. The summed E-state index contributed by atoms with van der Waals surface area (Å²) in [5, 5.41) is 11.7. The summed E-state index contributed by atoms with van der Waals surface area (Å²) in [6.07, 6.45) is -1.47. The highest BCUT2D eigenvalue weighted by Gasteiger charge is 2.32. The van der Waals surface area contributed by atoms with Crippen molar-refractivity contribution in [1.29, 1.82) is 0 Å². The van der Waals surface area contributed by atoms with Crippen molar-refractivity contribution < 1.29 is 22.7 Å². The molecule has 0 atom stereocenters. The fourth-order valence-electron chi connectivity index (χ4n) is 3.33. The molecule has 0 aliphatic heterocycles. The predicted octanol–water partition coefficient (Wildman–Crippen LogP) is 4.94. The number of alkyl halides is 3. The second-order valence-electron chi connectivity index (χ2n) is 7.39. The Hall–Kier alpha value is -3.86. The molecule has 0 bridgehead atoms. The van der Waals surface area contributed by atoms with Crippen molar-refractivity contribution >= 4 is 17.7 Å². The van der Waals surface area contributed by atoms with E-state index < -0.39 is 6.36 Å². The fraction of sp³-hybridized carbons (Fsp3) is 0.167. The van der Waals surface area contributed by atoms with Gasteiger partial charge in [0.1, 0.15) is 5.75 Å². The molecular formula is C24H20F3N5O2S. The highest BCUT2D eigenvalue weighted by Crippen LogP contribution is 2.29.